The SMILES string of the molecule is O=C(COC(=O)c1ccc(OC(F)F)cc1)Nc1cccc(F)c1. The van der Waals surface area contributed by atoms with E-state index in [9.17, 15) is 22.8 Å². The van der Waals surface area contributed by atoms with Crippen LogP contribution in [0.2, 0.25) is 0 Å². The van der Waals surface area contributed by atoms with Gasteiger partial charge in [0.1, 0.15) is 11.6 Å². The van der Waals surface area contributed by atoms with Gasteiger partial charge in [-0.25, -0.2) is 9.18 Å². The highest BCUT2D eigenvalue weighted by Gasteiger charge is 2.11. The van der Waals surface area contributed by atoms with Crippen molar-refractivity contribution in [3.05, 3.63) is 59.9 Å². The van der Waals surface area contributed by atoms with Crippen molar-refractivity contribution in [2.45, 2.75) is 6.61 Å². The lowest BCUT2D eigenvalue weighted by Crippen LogP contribution is -2.21. The van der Waals surface area contributed by atoms with Gasteiger partial charge in [-0.2, -0.15) is 8.78 Å². The largest absolute Gasteiger partial charge is 0.452 e. The molecule has 0 radical (unpaired) electrons. The van der Waals surface area contributed by atoms with Gasteiger partial charge in [0.15, 0.2) is 6.61 Å². The zero-order valence-electron chi connectivity index (χ0n) is 12.2. The van der Waals surface area contributed by atoms with Crippen molar-refractivity contribution in [2.75, 3.05) is 11.9 Å². The number of hydrogen-bond donors (Lipinski definition) is 1. The molecule has 126 valence electrons. The highest BCUT2D eigenvalue weighted by molar-refractivity contribution is 5.95. The summed E-state index contributed by atoms with van der Waals surface area (Å²) in [7, 11) is 0. The van der Waals surface area contributed by atoms with Crippen LogP contribution in [0.5, 0.6) is 5.75 Å². The lowest BCUT2D eigenvalue weighted by Gasteiger charge is -2.07. The van der Waals surface area contributed by atoms with Gasteiger partial charge in [0.05, 0.1) is 5.56 Å². The monoisotopic (exact) mass is 339 g/mol. The minimum Gasteiger partial charge on any atom is -0.452 e. The van der Waals surface area contributed by atoms with E-state index in [4.69, 9.17) is 4.74 Å². The third kappa shape index (κ3) is 5.31. The Hall–Kier alpha value is -3.03. The molecule has 0 bridgehead atoms. The van der Waals surface area contributed by atoms with Crippen molar-refractivity contribution < 1.29 is 32.2 Å². The summed E-state index contributed by atoms with van der Waals surface area (Å²) in [4.78, 5) is 23.4. The van der Waals surface area contributed by atoms with E-state index in [0.29, 0.717) is 0 Å². The molecular formula is C16H12F3NO4. The second kappa shape index (κ2) is 8.00. The van der Waals surface area contributed by atoms with Gasteiger partial charge in [0, 0.05) is 5.69 Å². The number of carbonyl (C=O) groups excluding carboxylic acids is 2. The summed E-state index contributed by atoms with van der Waals surface area (Å²) in [5.41, 5.74) is 0.291. The Bertz CT molecular complexity index is 720. The van der Waals surface area contributed by atoms with Crippen molar-refractivity contribution in [1.82, 2.24) is 0 Å². The molecule has 1 amide bonds. The zero-order chi connectivity index (χ0) is 17.5. The maximum Gasteiger partial charge on any atom is 0.387 e. The molecule has 5 nitrogen and oxygen atoms in total. The molecule has 0 heterocycles. The first-order chi connectivity index (χ1) is 11.4. The predicted molar refractivity (Wildman–Crippen MR) is 78.4 cm³/mol. The summed E-state index contributed by atoms with van der Waals surface area (Å²) < 4.78 is 45.9. The number of ether oxygens (including phenoxy) is 2. The molecule has 0 aliphatic carbocycles. The number of benzene rings is 2. The number of esters is 1. The molecule has 8 heteroatoms. The van der Waals surface area contributed by atoms with Crippen LogP contribution < -0.4 is 10.1 Å². The van der Waals surface area contributed by atoms with Crippen molar-refractivity contribution >= 4 is 17.6 Å². The first kappa shape index (κ1) is 17.3. The standard InChI is InChI=1S/C16H12F3NO4/c17-11-2-1-3-12(8-11)20-14(21)9-23-15(22)10-4-6-13(7-5-10)24-16(18)19/h1-8,16H,9H2,(H,20,21). The van der Waals surface area contributed by atoms with Crippen LogP contribution in [0, 0.1) is 5.82 Å². The van der Waals surface area contributed by atoms with Crippen LogP contribution in [0.4, 0.5) is 18.9 Å². The van der Waals surface area contributed by atoms with Crippen LogP contribution in [0.3, 0.4) is 0 Å². The van der Waals surface area contributed by atoms with Crippen molar-refractivity contribution in [2.24, 2.45) is 0 Å². The Morgan fingerprint density at radius 2 is 1.79 bits per heavy atom. The highest BCUT2D eigenvalue weighted by Crippen LogP contribution is 2.15. The molecule has 0 aliphatic rings. The van der Waals surface area contributed by atoms with Gasteiger partial charge in [-0.15, -0.1) is 0 Å². The number of carbonyl (C=O) groups is 2. The fourth-order valence-electron chi connectivity index (χ4n) is 1.75. The number of alkyl halides is 2. The first-order valence-corrected chi connectivity index (χ1v) is 6.71. The average molecular weight is 339 g/mol. The minimum atomic E-state index is -2.96. The van der Waals surface area contributed by atoms with E-state index in [-0.39, 0.29) is 17.0 Å². The Labute approximate surface area is 135 Å². The molecule has 0 saturated carbocycles. The van der Waals surface area contributed by atoms with Gasteiger partial charge in [-0.05, 0) is 42.5 Å². The molecule has 0 fully saturated rings. The number of hydrogen-bond acceptors (Lipinski definition) is 4. The van der Waals surface area contributed by atoms with Crippen molar-refractivity contribution in [3.8, 4) is 5.75 Å². The lowest BCUT2D eigenvalue weighted by molar-refractivity contribution is -0.119. The van der Waals surface area contributed by atoms with Crippen LogP contribution in [-0.4, -0.2) is 25.1 Å². The molecule has 0 unspecified atom stereocenters. The molecule has 0 saturated heterocycles. The van der Waals surface area contributed by atoms with E-state index >= 15 is 0 Å². The first-order valence-electron chi connectivity index (χ1n) is 6.71. The van der Waals surface area contributed by atoms with Crippen LogP contribution >= 0.6 is 0 Å². The zero-order valence-corrected chi connectivity index (χ0v) is 12.2. The van der Waals surface area contributed by atoms with Crippen LogP contribution in [0.1, 0.15) is 10.4 Å². The van der Waals surface area contributed by atoms with Gasteiger partial charge < -0.3 is 14.8 Å². The molecule has 0 aromatic heterocycles. The molecule has 2 aromatic carbocycles. The summed E-state index contributed by atoms with van der Waals surface area (Å²) in [6.45, 7) is -3.54. The maximum absolute atomic E-state index is 13.0. The minimum absolute atomic E-state index is 0.0650. The van der Waals surface area contributed by atoms with Gasteiger partial charge in [-0.1, -0.05) is 6.07 Å². The molecule has 24 heavy (non-hydrogen) atoms. The van der Waals surface area contributed by atoms with E-state index in [1.165, 1.54) is 42.5 Å². The predicted octanol–water partition coefficient (Wildman–Crippen LogP) is 3.22. The Morgan fingerprint density at radius 1 is 1.08 bits per heavy atom. The van der Waals surface area contributed by atoms with E-state index in [2.05, 4.69) is 10.1 Å². The number of amides is 1. The summed E-state index contributed by atoms with van der Waals surface area (Å²) in [5, 5.41) is 2.36. The summed E-state index contributed by atoms with van der Waals surface area (Å²) in [6.07, 6.45) is 0. The molecular weight excluding hydrogens is 327 g/mol. The Balaban J connectivity index is 1.85. The van der Waals surface area contributed by atoms with E-state index in [0.717, 1.165) is 6.07 Å². The van der Waals surface area contributed by atoms with E-state index < -0.39 is 30.9 Å². The van der Waals surface area contributed by atoms with Crippen LogP contribution in [0.15, 0.2) is 48.5 Å². The number of nitrogens with one attached hydrogen (secondary N) is 1. The Morgan fingerprint density at radius 3 is 2.42 bits per heavy atom. The van der Waals surface area contributed by atoms with Gasteiger partial charge >= 0.3 is 12.6 Å². The van der Waals surface area contributed by atoms with Crippen LogP contribution in [0.25, 0.3) is 0 Å². The van der Waals surface area contributed by atoms with E-state index in [1.807, 2.05) is 0 Å². The third-order valence-corrected chi connectivity index (χ3v) is 2.76. The molecule has 0 aliphatic heterocycles. The van der Waals surface area contributed by atoms with Gasteiger partial charge in [0.25, 0.3) is 5.91 Å². The second-order valence-electron chi connectivity index (χ2n) is 4.54. The normalized spacial score (nSPS) is 10.3. The molecule has 0 spiro atoms. The van der Waals surface area contributed by atoms with Gasteiger partial charge in [-0.3, -0.25) is 4.79 Å². The molecule has 1 N–H and O–H groups in total. The van der Waals surface area contributed by atoms with Crippen LogP contribution in [-0.2, 0) is 9.53 Å². The summed E-state index contributed by atoms with van der Waals surface area (Å²) in [6, 6.07) is 10.0. The Kier molecular flexibility index (Phi) is 5.78. The van der Waals surface area contributed by atoms with Crippen molar-refractivity contribution in [3.63, 3.8) is 0 Å². The number of halogens is 3. The molecule has 0 atom stereocenters. The summed E-state index contributed by atoms with van der Waals surface area (Å²) >= 11 is 0. The quantitative estimate of drug-likeness (QED) is 0.821. The molecule has 2 rings (SSSR count). The fraction of sp³-hybridized carbons (Fsp3) is 0.125. The average Bonchev–Trinajstić information content (AvgIpc) is 2.53. The number of rotatable bonds is 6. The third-order valence-electron chi connectivity index (χ3n) is 2.76. The number of anilines is 1. The molecule has 2 aromatic rings. The van der Waals surface area contributed by atoms with Crippen molar-refractivity contribution in [1.29, 1.82) is 0 Å². The second-order valence-corrected chi connectivity index (χ2v) is 4.54. The van der Waals surface area contributed by atoms with E-state index in [1.54, 1.807) is 0 Å². The lowest BCUT2D eigenvalue weighted by atomic mass is 10.2. The van der Waals surface area contributed by atoms with Gasteiger partial charge in [0.2, 0.25) is 0 Å². The topological polar surface area (TPSA) is 64.6 Å². The smallest absolute Gasteiger partial charge is 0.387 e. The maximum atomic E-state index is 13.0. The highest BCUT2D eigenvalue weighted by atomic mass is 19.3. The fourth-order valence-corrected chi connectivity index (χ4v) is 1.75. The summed E-state index contributed by atoms with van der Waals surface area (Å²) in [5.74, 6) is -2.08.